The van der Waals surface area contributed by atoms with Gasteiger partial charge in [-0.25, -0.2) is 4.98 Å². The Balaban J connectivity index is 1.86. The highest BCUT2D eigenvalue weighted by Gasteiger charge is 2.22. The number of likely N-dealkylation sites (tertiary alicyclic amines) is 1. The summed E-state index contributed by atoms with van der Waals surface area (Å²) in [6.07, 6.45) is 7.61. The van der Waals surface area contributed by atoms with E-state index in [2.05, 4.69) is 29.4 Å². The van der Waals surface area contributed by atoms with E-state index in [1.807, 2.05) is 11.3 Å². The first-order chi connectivity index (χ1) is 9.83. The topological polar surface area (TPSA) is 28.2 Å². The number of nitrogens with zero attached hydrogens (tertiary/aromatic N) is 2. The van der Waals surface area contributed by atoms with Gasteiger partial charge in [-0.1, -0.05) is 20.3 Å². The van der Waals surface area contributed by atoms with Gasteiger partial charge >= 0.3 is 0 Å². The van der Waals surface area contributed by atoms with Crippen LogP contribution in [0, 0.1) is 0 Å². The Hall–Kier alpha value is -0.450. The van der Waals surface area contributed by atoms with Crippen LogP contribution in [0.4, 0.5) is 0 Å². The maximum absolute atomic E-state index is 4.78. The number of aryl methyl sites for hydroxylation is 1. The molecule has 0 spiro atoms. The van der Waals surface area contributed by atoms with E-state index in [-0.39, 0.29) is 0 Å². The van der Waals surface area contributed by atoms with E-state index in [0.29, 0.717) is 6.04 Å². The Morgan fingerprint density at radius 2 is 2.25 bits per heavy atom. The molecule has 1 aliphatic rings. The van der Waals surface area contributed by atoms with Gasteiger partial charge < -0.3 is 5.32 Å². The number of hydrogen-bond donors (Lipinski definition) is 1. The van der Waals surface area contributed by atoms with Gasteiger partial charge in [-0.15, -0.1) is 11.3 Å². The highest BCUT2D eigenvalue weighted by Crippen LogP contribution is 2.20. The monoisotopic (exact) mass is 295 g/mol. The van der Waals surface area contributed by atoms with Crippen molar-refractivity contribution >= 4 is 11.3 Å². The van der Waals surface area contributed by atoms with Gasteiger partial charge in [-0.3, -0.25) is 4.90 Å². The van der Waals surface area contributed by atoms with Crippen LogP contribution in [-0.4, -0.2) is 35.6 Å². The van der Waals surface area contributed by atoms with Crippen LogP contribution in [0.3, 0.4) is 0 Å². The van der Waals surface area contributed by atoms with Crippen LogP contribution in [0.1, 0.15) is 56.7 Å². The summed E-state index contributed by atoms with van der Waals surface area (Å²) >= 11 is 1.83. The first kappa shape index (κ1) is 15.9. The maximum atomic E-state index is 4.78. The molecular weight excluding hydrogens is 266 g/mol. The molecule has 1 unspecified atom stereocenters. The van der Waals surface area contributed by atoms with Gasteiger partial charge in [0.15, 0.2) is 0 Å². The summed E-state index contributed by atoms with van der Waals surface area (Å²) in [6.45, 7) is 9.01. The molecular formula is C16H29N3S. The van der Waals surface area contributed by atoms with Crippen LogP contribution in [0.2, 0.25) is 0 Å². The predicted octanol–water partition coefficient (Wildman–Crippen LogP) is 3.45. The number of aromatic nitrogens is 1. The van der Waals surface area contributed by atoms with Crippen LogP contribution in [0.5, 0.6) is 0 Å². The smallest absolute Gasteiger partial charge is 0.0928 e. The van der Waals surface area contributed by atoms with E-state index >= 15 is 0 Å². The molecule has 0 aromatic carbocycles. The molecule has 1 saturated heterocycles. The molecule has 1 fully saturated rings. The zero-order valence-electron chi connectivity index (χ0n) is 13.0. The lowest BCUT2D eigenvalue weighted by Gasteiger charge is -2.35. The molecule has 20 heavy (non-hydrogen) atoms. The molecule has 1 aliphatic heterocycles. The number of hydrogen-bond acceptors (Lipinski definition) is 4. The summed E-state index contributed by atoms with van der Waals surface area (Å²) < 4.78 is 0. The molecule has 2 rings (SSSR count). The molecule has 1 atom stereocenters. The van der Waals surface area contributed by atoms with E-state index in [0.717, 1.165) is 26.1 Å². The van der Waals surface area contributed by atoms with Gasteiger partial charge in [0.25, 0.3) is 0 Å². The highest BCUT2D eigenvalue weighted by molar-refractivity contribution is 7.09. The lowest BCUT2D eigenvalue weighted by molar-refractivity contribution is 0.136. The van der Waals surface area contributed by atoms with Crippen molar-refractivity contribution in [2.24, 2.45) is 0 Å². The first-order valence-electron chi connectivity index (χ1n) is 8.21. The summed E-state index contributed by atoms with van der Waals surface area (Å²) in [5.41, 5.74) is 1.28. The van der Waals surface area contributed by atoms with Gasteiger partial charge in [0.05, 0.1) is 10.7 Å². The standard InChI is InChI=1S/C16H29N3S/c1-3-7-16-18-14(13-20-16)12-19-10-6-5-8-15(19)11-17-9-4-2/h13,15,17H,3-12H2,1-2H3. The normalized spacial score (nSPS) is 20.4. The minimum Gasteiger partial charge on any atom is -0.315 e. The predicted molar refractivity (Wildman–Crippen MR) is 87.3 cm³/mol. The summed E-state index contributed by atoms with van der Waals surface area (Å²) in [6, 6.07) is 0.701. The quantitative estimate of drug-likeness (QED) is 0.745. The summed E-state index contributed by atoms with van der Waals surface area (Å²) in [7, 11) is 0. The van der Waals surface area contributed by atoms with Crippen molar-refractivity contribution in [1.82, 2.24) is 15.2 Å². The fourth-order valence-corrected chi connectivity index (χ4v) is 3.79. The third kappa shape index (κ3) is 4.83. The largest absolute Gasteiger partial charge is 0.315 e. The molecule has 1 aromatic rings. The number of piperidine rings is 1. The molecule has 0 bridgehead atoms. The number of thiazole rings is 1. The SMILES string of the molecule is CCCNCC1CCCCN1Cc1csc(CCC)n1. The zero-order valence-corrected chi connectivity index (χ0v) is 13.8. The second-order valence-electron chi connectivity index (χ2n) is 5.81. The number of nitrogens with one attached hydrogen (secondary N) is 1. The van der Waals surface area contributed by atoms with Gasteiger partial charge in [0, 0.05) is 24.5 Å². The minimum atomic E-state index is 0.701. The maximum Gasteiger partial charge on any atom is 0.0928 e. The van der Waals surface area contributed by atoms with Crippen molar-refractivity contribution in [3.8, 4) is 0 Å². The van der Waals surface area contributed by atoms with E-state index in [4.69, 9.17) is 4.98 Å². The van der Waals surface area contributed by atoms with Crippen molar-refractivity contribution in [3.63, 3.8) is 0 Å². The highest BCUT2D eigenvalue weighted by atomic mass is 32.1. The van der Waals surface area contributed by atoms with E-state index in [9.17, 15) is 0 Å². The lowest BCUT2D eigenvalue weighted by Crippen LogP contribution is -2.45. The molecule has 1 aromatic heterocycles. The third-order valence-electron chi connectivity index (χ3n) is 3.98. The van der Waals surface area contributed by atoms with E-state index < -0.39 is 0 Å². The van der Waals surface area contributed by atoms with Gasteiger partial charge in [0.2, 0.25) is 0 Å². The van der Waals surface area contributed by atoms with Crippen molar-refractivity contribution in [3.05, 3.63) is 16.1 Å². The van der Waals surface area contributed by atoms with Crippen LogP contribution >= 0.6 is 11.3 Å². The fraction of sp³-hybridized carbons (Fsp3) is 0.812. The second kappa shape index (κ2) is 8.75. The fourth-order valence-electron chi connectivity index (χ4n) is 2.90. The van der Waals surface area contributed by atoms with Gasteiger partial charge in [-0.05, 0) is 45.2 Å². The Kier molecular flexibility index (Phi) is 6.97. The average Bonchev–Trinajstić information content (AvgIpc) is 2.89. The number of rotatable bonds is 8. The minimum absolute atomic E-state index is 0.701. The first-order valence-corrected chi connectivity index (χ1v) is 9.09. The van der Waals surface area contributed by atoms with Crippen LogP contribution in [0.15, 0.2) is 5.38 Å². The van der Waals surface area contributed by atoms with Crippen LogP contribution in [-0.2, 0) is 13.0 Å². The Labute approximate surface area is 127 Å². The van der Waals surface area contributed by atoms with E-state index in [1.54, 1.807) is 0 Å². The Bertz CT molecular complexity index is 378. The zero-order chi connectivity index (χ0) is 14.2. The summed E-state index contributed by atoms with van der Waals surface area (Å²) in [5, 5.41) is 7.15. The van der Waals surface area contributed by atoms with Crippen LogP contribution in [0.25, 0.3) is 0 Å². The second-order valence-corrected chi connectivity index (χ2v) is 6.75. The van der Waals surface area contributed by atoms with Gasteiger partial charge in [0.1, 0.15) is 0 Å². The van der Waals surface area contributed by atoms with Gasteiger partial charge in [-0.2, -0.15) is 0 Å². The third-order valence-corrected chi connectivity index (χ3v) is 4.94. The molecule has 4 heteroatoms. The van der Waals surface area contributed by atoms with Crippen LogP contribution < -0.4 is 5.32 Å². The summed E-state index contributed by atoms with van der Waals surface area (Å²) in [5.74, 6) is 0. The van der Waals surface area contributed by atoms with Crippen molar-refractivity contribution < 1.29 is 0 Å². The van der Waals surface area contributed by atoms with Crippen molar-refractivity contribution in [1.29, 1.82) is 0 Å². The molecule has 2 heterocycles. The summed E-state index contributed by atoms with van der Waals surface area (Å²) in [4.78, 5) is 7.42. The Morgan fingerprint density at radius 1 is 1.35 bits per heavy atom. The molecule has 0 aliphatic carbocycles. The van der Waals surface area contributed by atoms with Crippen molar-refractivity contribution in [2.75, 3.05) is 19.6 Å². The molecule has 0 amide bonds. The Morgan fingerprint density at radius 3 is 3.05 bits per heavy atom. The molecule has 114 valence electrons. The molecule has 3 nitrogen and oxygen atoms in total. The molecule has 0 saturated carbocycles. The van der Waals surface area contributed by atoms with Crippen molar-refractivity contribution in [2.45, 2.75) is 65.0 Å². The average molecular weight is 295 g/mol. The molecule has 0 radical (unpaired) electrons. The molecule has 1 N–H and O–H groups in total. The van der Waals surface area contributed by atoms with E-state index in [1.165, 1.54) is 49.4 Å². The lowest BCUT2D eigenvalue weighted by atomic mass is 10.0.